The van der Waals surface area contributed by atoms with E-state index in [0.717, 1.165) is 0 Å². The highest BCUT2D eigenvalue weighted by Crippen LogP contribution is 2.12. The highest BCUT2D eigenvalue weighted by molar-refractivity contribution is 8.00. The van der Waals surface area contributed by atoms with E-state index in [-0.39, 0.29) is 11.2 Å². The average molecular weight is 235 g/mol. The fraction of sp³-hybridized carbons (Fsp3) is 0.778. The molecule has 0 aliphatic rings. The van der Waals surface area contributed by atoms with Crippen LogP contribution in [0.15, 0.2) is 0 Å². The Labute approximate surface area is 93.7 Å². The summed E-state index contributed by atoms with van der Waals surface area (Å²) in [7, 11) is 1.32. The minimum atomic E-state index is -0.693. The Kier molecular flexibility index (Phi) is 7.15. The van der Waals surface area contributed by atoms with Gasteiger partial charge in [-0.05, 0) is 13.8 Å². The molecule has 0 spiro atoms. The van der Waals surface area contributed by atoms with Crippen LogP contribution in [0.3, 0.4) is 0 Å². The molecule has 15 heavy (non-hydrogen) atoms. The van der Waals surface area contributed by atoms with E-state index in [4.69, 9.17) is 10.5 Å². The van der Waals surface area contributed by atoms with Gasteiger partial charge >= 0.3 is 11.9 Å². The van der Waals surface area contributed by atoms with Crippen molar-refractivity contribution in [3.8, 4) is 0 Å². The zero-order chi connectivity index (χ0) is 11.8. The molecule has 5 nitrogen and oxygen atoms in total. The highest BCUT2D eigenvalue weighted by Gasteiger charge is 2.19. The van der Waals surface area contributed by atoms with Crippen molar-refractivity contribution in [1.82, 2.24) is 0 Å². The largest absolute Gasteiger partial charge is 0.468 e. The molecule has 0 amide bonds. The number of esters is 2. The summed E-state index contributed by atoms with van der Waals surface area (Å²) in [6, 6.07) is -0.693. The van der Waals surface area contributed by atoms with Crippen LogP contribution in [0.25, 0.3) is 0 Å². The van der Waals surface area contributed by atoms with Gasteiger partial charge in [-0.2, -0.15) is 0 Å². The lowest BCUT2D eigenvalue weighted by atomic mass is 10.4. The van der Waals surface area contributed by atoms with Gasteiger partial charge in [0.2, 0.25) is 0 Å². The molecule has 0 aromatic carbocycles. The van der Waals surface area contributed by atoms with Gasteiger partial charge in [-0.15, -0.1) is 11.8 Å². The monoisotopic (exact) mass is 235 g/mol. The number of thioether (sulfide) groups is 1. The summed E-state index contributed by atoms with van der Waals surface area (Å²) in [6.45, 7) is 3.73. The topological polar surface area (TPSA) is 78.6 Å². The molecule has 0 rings (SSSR count). The number of methoxy groups -OCH3 is 1. The molecule has 0 saturated carbocycles. The first kappa shape index (κ1) is 14.2. The lowest BCUT2D eigenvalue weighted by Crippen LogP contribution is -2.35. The van der Waals surface area contributed by atoms with E-state index in [9.17, 15) is 9.59 Å². The van der Waals surface area contributed by atoms with Gasteiger partial charge < -0.3 is 15.2 Å². The van der Waals surface area contributed by atoms with Crippen LogP contribution in [0.1, 0.15) is 13.8 Å². The Bertz CT molecular complexity index is 222. The third kappa shape index (κ3) is 5.64. The number of rotatable bonds is 6. The molecule has 0 fully saturated rings. The summed E-state index contributed by atoms with van der Waals surface area (Å²) in [5.41, 5.74) is 5.55. The minimum absolute atomic E-state index is 0.309. The lowest BCUT2D eigenvalue weighted by molar-refractivity contribution is -0.144. The maximum absolute atomic E-state index is 11.1. The molecule has 0 aliphatic heterocycles. The van der Waals surface area contributed by atoms with E-state index >= 15 is 0 Å². The molecule has 0 radical (unpaired) electrons. The van der Waals surface area contributed by atoms with Crippen LogP contribution in [0.2, 0.25) is 0 Å². The third-order valence-corrected chi connectivity index (χ3v) is 2.89. The molecule has 2 N–H and O–H groups in total. The zero-order valence-corrected chi connectivity index (χ0v) is 10.0. The predicted octanol–water partition coefficient (Wildman–Crippen LogP) is 0.172. The summed E-state index contributed by atoms with van der Waals surface area (Å²) >= 11 is 1.27. The second-order valence-electron chi connectivity index (χ2n) is 2.86. The zero-order valence-electron chi connectivity index (χ0n) is 9.19. The Morgan fingerprint density at radius 1 is 1.40 bits per heavy atom. The van der Waals surface area contributed by atoms with E-state index in [1.807, 2.05) is 0 Å². The van der Waals surface area contributed by atoms with Crippen LogP contribution in [-0.2, 0) is 19.1 Å². The van der Waals surface area contributed by atoms with Crippen molar-refractivity contribution in [2.24, 2.45) is 5.73 Å². The van der Waals surface area contributed by atoms with Crippen LogP contribution in [-0.4, -0.2) is 42.7 Å². The summed E-state index contributed by atoms with van der Waals surface area (Å²) in [5, 5.41) is -0.324. The molecule has 2 atom stereocenters. The van der Waals surface area contributed by atoms with Crippen molar-refractivity contribution in [3.05, 3.63) is 0 Å². The average Bonchev–Trinajstić information content (AvgIpc) is 2.24. The van der Waals surface area contributed by atoms with Crippen LogP contribution in [0.5, 0.6) is 0 Å². The Balaban J connectivity index is 3.84. The summed E-state index contributed by atoms with van der Waals surface area (Å²) in [6.07, 6.45) is 0. The smallest absolute Gasteiger partial charge is 0.323 e. The third-order valence-electron chi connectivity index (χ3n) is 1.65. The number of carbonyl (C=O) groups excluding carboxylic acids is 2. The van der Waals surface area contributed by atoms with E-state index in [1.54, 1.807) is 13.8 Å². The number of hydrogen-bond acceptors (Lipinski definition) is 6. The van der Waals surface area contributed by atoms with E-state index < -0.39 is 12.0 Å². The molecular weight excluding hydrogens is 218 g/mol. The van der Waals surface area contributed by atoms with Crippen molar-refractivity contribution < 1.29 is 19.1 Å². The number of hydrogen-bond donors (Lipinski definition) is 1. The first-order valence-corrected chi connectivity index (χ1v) is 5.69. The second kappa shape index (κ2) is 7.53. The summed E-state index contributed by atoms with van der Waals surface area (Å²) < 4.78 is 9.26. The summed E-state index contributed by atoms with van der Waals surface area (Å²) in [4.78, 5) is 22.1. The van der Waals surface area contributed by atoms with Gasteiger partial charge in [0, 0.05) is 5.75 Å². The van der Waals surface area contributed by atoms with Gasteiger partial charge in [-0.25, -0.2) is 0 Å². The van der Waals surface area contributed by atoms with Crippen LogP contribution < -0.4 is 5.73 Å². The molecular formula is C9H17NO4S. The van der Waals surface area contributed by atoms with Gasteiger partial charge in [0.05, 0.1) is 19.0 Å². The van der Waals surface area contributed by atoms with Crippen molar-refractivity contribution in [1.29, 1.82) is 0 Å². The Hall–Kier alpha value is -0.750. The Morgan fingerprint density at radius 3 is 2.47 bits per heavy atom. The number of ether oxygens (including phenoxy) is 2. The molecule has 6 heteroatoms. The van der Waals surface area contributed by atoms with Crippen LogP contribution in [0.4, 0.5) is 0 Å². The maximum Gasteiger partial charge on any atom is 0.323 e. The van der Waals surface area contributed by atoms with Gasteiger partial charge in [-0.1, -0.05) is 0 Å². The SMILES string of the molecule is CCOC(=O)C(N)CSC(C)C(=O)OC. The molecule has 0 aromatic heterocycles. The van der Waals surface area contributed by atoms with Gasteiger partial charge in [0.1, 0.15) is 6.04 Å². The Morgan fingerprint density at radius 2 is 2.00 bits per heavy atom. The van der Waals surface area contributed by atoms with Crippen LogP contribution >= 0.6 is 11.8 Å². The van der Waals surface area contributed by atoms with Crippen molar-refractivity contribution >= 4 is 23.7 Å². The van der Waals surface area contributed by atoms with E-state index in [1.165, 1.54) is 18.9 Å². The van der Waals surface area contributed by atoms with Crippen LogP contribution in [0, 0.1) is 0 Å². The van der Waals surface area contributed by atoms with Gasteiger partial charge in [0.25, 0.3) is 0 Å². The van der Waals surface area contributed by atoms with Crippen molar-refractivity contribution in [3.63, 3.8) is 0 Å². The molecule has 0 bridgehead atoms. The fourth-order valence-electron chi connectivity index (χ4n) is 0.799. The fourth-order valence-corrected chi connectivity index (χ4v) is 1.66. The molecule has 0 heterocycles. The first-order valence-electron chi connectivity index (χ1n) is 4.64. The highest BCUT2D eigenvalue weighted by atomic mass is 32.2. The van der Waals surface area contributed by atoms with Crippen molar-refractivity contribution in [2.45, 2.75) is 25.1 Å². The second-order valence-corrected chi connectivity index (χ2v) is 4.23. The molecule has 0 aromatic rings. The first-order chi connectivity index (χ1) is 7.02. The predicted molar refractivity (Wildman–Crippen MR) is 58.5 cm³/mol. The lowest BCUT2D eigenvalue weighted by Gasteiger charge is -2.12. The number of nitrogens with two attached hydrogens (primary N) is 1. The molecule has 0 aliphatic carbocycles. The summed E-state index contributed by atoms with van der Waals surface area (Å²) in [5.74, 6) is -0.423. The van der Waals surface area contributed by atoms with Gasteiger partial charge in [-0.3, -0.25) is 9.59 Å². The molecule has 88 valence electrons. The maximum atomic E-state index is 11.1. The quantitative estimate of drug-likeness (QED) is 0.661. The molecule has 0 saturated heterocycles. The normalized spacial score (nSPS) is 14.1. The van der Waals surface area contributed by atoms with Crippen molar-refractivity contribution in [2.75, 3.05) is 19.5 Å². The van der Waals surface area contributed by atoms with Gasteiger partial charge in [0.15, 0.2) is 0 Å². The number of carbonyl (C=O) groups is 2. The molecule has 2 unspecified atom stereocenters. The minimum Gasteiger partial charge on any atom is -0.468 e. The van der Waals surface area contributed by atoms with E-state index in [0.29, 0.717) is 12.4 Å². The van der Waals surface area contributed by atoms with E-state index in [2.05, 4.69) is 4.74 Å². The standard InChI is InChI=1S/C9H17NO4S/c1-4-14-9(12)7(10)5-15-6(2)8(11)13-3/h6-7H,4-5,10H2,1-3H3.